The van der Waals surface area contributed by atoms with Gasteiger partial charge in [0.25, 0.3) is 0 Å². The molecule has 0 atom stereocenters. The Kier molecular flexibility index (Phi) is 13.8. The molecule has 0 aliphatic carbocycles. The predicted molar refractivity (Wildman–Crippen MR) is 67.4 cm³/mol. The van der Waals surface area contributed by atoms with Crippen molar-refractivity contribution in [2.45, 2.75) is 19.8 Å². The van der Waals surface area contributed by atoms with Crippen molar-refractivity contribution in [3.05, 3.63) is 0 Å². The topological polar surface area (TPSA) is 80.0 Å². The minimum Gasteiger partial charge on any atom is -0.462 e. The number of nitrogens with two attached hydrogens (primary N) is 1. The maximum Gasteiger partial charge on any atom is 0.319 e. The molecule has 0 unspecified atom stereocenters. The van der Waals surface area contributed by atoms with Crippen LogP contribution in [0.3, 0.4) is 0 Å². The van der Waals surface area contributed by atoms with E-state index in [4.69, 9.17) is 24.7 Å². The van der Waals surface area contributed by atoms with E-state index >= 15 is 0 Å². The van der Waals surface area contributed by atoms with Crippen molar-refractivity contribution in [2.24, 2.45) is 5.73 Å². The molecule has 0 rings (SSSR count). The van der Waals surface area contributed by atoms with Crippen LogP contribution in [0.2, 0.25) is 0 Å². The number of carbonyl (C=O) groups excluding carboxylic acids is 1. The molecular formula is C12H25NO5. The summed E-state index contributed by atoms with van der Waals surface area (Å²) < 4.78 is 20.5. The first-order valence-corrected chi connectivity index (χ1v) is 6.40. The summed E-state index contributed by atoms with van der Waals surface area (Å²) in [5, 5.41) is 0. The Morgan fingerprint density at radius 3 is 1.89 bits per heavy atom. The summed E-state index contributed by atoms with van der Waals surface area (Å²) in [4.78, 5) is 10.7. The maximum atomic E-state index is 10.7. The molecule has 0 aromatic heterocycles. The standard InChI is InChI=1S/C12H25NO5/c1-2-3-4-15-5-6-16-7-8-17-9-10-18-12(14)11-13/h2-11,13H2,1H3. The number of unbranched alkanes of at least 4 members (excludes halogenated alkanes) is 1. The Morgan fingerprint density at radius 2 is 1.39 bits per heavy atom. The van der Waals surface area contributed by atoms with E-state index in [1.165, 1.54) is 0 Å². The molecule has 0 fully saturated rings. The van der Waals surface area contributed by atoms with Gasteiger partial charge in [0.2, 0.25) is 0 Å². The lowest BCUT2D eigenvalue weighted by Gasteiger charge is -2.07. The monoisotopic (exact) mass is 263 g/mol. The number of esters is 1. The summed E-state index contributed by atoms with van der Waals surface area (Å²) in [6.07, 6.45) is 2.23. The van der Waals surface area contributed by atoms with Gasteiger partial charge in [0.05, 0.1) is 39.6 Å². The molecule has 0 saturated carbocycles. The molecule has 6 nitrogen and oxygen atoms in total. The van der Waals surface area contributed by atoms with E-state index in [0.29, 0.717) is 33.0 Å². The minimum atomic E-state index is -0.418. The van der Waals surface area contributed by atoms with Crippen molar-refractivity contribution < 1.29 is 23.7 Å². The lowest BCUT2D eigenvalue weighted by molar-refractivity contribution is -0.143. The number of carbonyl (C=O) groups is 1. The molecule has 0 radical (unpaired) electrons. The van der Waals surface area contributed by atoms with Crippen LogP contribution in [0.1, 0.15) is 19.8 Å². The summed E-state index contributed by atoms with van der Waals surface area (Å²) in [6.45, 7) is 5.62. The van der Waals surface area contributed by atoms with E-state index in [2.05, 4.69) is 6.92 Å². The third-order valence-corrected chi connectivity index (χ3v) is 2.04. The normalized spacial score (nSPS) is 10.6. The van der Waals surface area contributed by atoms with Gasteiger partial charge in [0.1, 0.15) is 6.61 Å². The Bertz CT molecular complexity index is 189. The van der Waals surface area contributed by atoms with Crippen LogP contribution < -0.4 is 5.73 Å². The molecule has 0 saturated heterocycles. The summed E-state index contributed by atoms with van der Waals surface area (Å²) in [5.41, 5.74) is 5.06. The highest BCUT2D eigenvalue weighted by Crippen LogP contribution is 1.88. The van der Waals surface area contributed by atoms with Crippen LogP contribution in [-0.4, -0.2) is 58.8 Å². The second-order valence-electron chi connectivity index (χ2n) is 3.62. The SMILES string of the molecule is CCCCOCCOCCOCCOC(=O)CN. The smallest absolute Gasteiger partial charge is 0.319 e. The Morgan fingerprint density at radius 1 is 0.889 bits per heavy atom. The first-order valence-electron chi connectivity index (χ1n) is 6.40. The maximum absolute atomic E-state index is 10.7. The third kappa shape index (κ3) is 13.4. The van der Waals surface area contributed by atoms with Gasteiger partial charge in [-0.2, -0.15) is 0 Å². The molecular weight excluding hydrogens is 238 g/mol. The molecule has 0 bridgehead atoms. The minimum absolute atomic E-state index is 0.0961. The molecule has 0 aromatic carbocycles. The number of ether oxygens (including phenoxy) is 4. The van der Waals surface area contributed by atoms with Gasteiger partial charge in [0.15, 0.2) is 0 Å². The van der Waals surface area contributed by atoms with Gasteiger partial charge in [-0.25, -0.2) is 0 Å². The van der Waals surface area contributed by atoms with Crippen LogP contribution in [0.4, 0.5) is 0 Å². The predicted octanol–water partition coefficient (Wildman–Crippen LogP) is 0.338. The fraction of sp³-hybridized carbons (Fsp3) is 0.917. The van der Waals surface area contributed by atoms with Crippen molar-refractivity contribution >= 4 is 5.97 Å². The van der Waals surface area contributed by atoms with E-state index in [9.17, 15) is 4.79 Å². The number of hydrogen-bond acceptors (Lipinski definition) is 6. The average molecular weight is 263 g/mol. The lowest BCUT2D eigenvalue weighted by atomic mass is 10.4. The van der Waals surface area contributed by atoms with E-state index < -0.39 is 5.97 Å². The van der Waals surface area contributed by atoms with E-state index in [0.717, 1.165) is 19.4 Å². The summed E-state index contributed by atoms with van der Waals surface area (Å²) in [7, 11) is 0. The molecule has 0 heterocycles. The molecule has 18 heavy (non-hydrogen) atoms. The summed E-state index contributed by atoms with van der Waals surface area (Å²) in [5.74, 6) is -0.418. The second-order valence-corrected chi connectivity index (χ2v) is 3.62. The molecule has 0 amide bonds. The highest BCUT2D eigenvalue weighted by atomic mass is 16.6. The van der Waals surface area contributed by atoms with Crippen molar-refractivity contribution in [2.75, 3.05) is 52.8 Å². The van der Waals surface area contributed by atoms with Gasteiger partial charge >= 0.3 is 5.97 Å². The van der Waals surface area contributed by atoms with Crippen molar-refractivity contribution in [1.82, 2.24) is 0 Å². The van der Waals surface area contributed by atoms with Crippen molar-refractivity contribution in [1.29, 1.82) is 0 Å². The van der Waals surface area contributed by atoms with Gasteiger partial charge in [-0.05, 0) is 6.42 Å². The fourth-order valence-electron chi connectivity index (χ4n) is 1.06. The zero-order valence-electron chi connectivity index (χ0n) is 11.2. The third-order valence-electron chi connectivity index (χ3n) is 2.04. The van der Waals surface area contributed by atoms with Gasteiger partial charge in [0, 0.05) is 6.61 Å². The second kappa shape index (κ2) is 14.4. The first-order chi connectivity index (χ1) is 8.81. The molecule has 2 N–H and O–H groups in total. The van der Waals surface area contributed by atoms with E-state index in [1.807, 2.05) is 0 Å². The molecule has 0 aliphatic rings. The van der Waals surface area contributed by atoms with Crippen LogP contribution in [0.15, 0.2) is 0 Å². The Labute approximate surface area is 109 Å². The van der Waals surface area contributed by atoms with Crippen LogP contribution >= 0.6 is 0 Å². The van der Waals surface area contributed by atoms with Gasteiger partial charge in [-0.3, -0.25) is 4.79 Å². The van der Waals surface area contributed by atoms with Crippen molar-refractivity contribution in [3.63, 3.8) is 0 Å². The van der Waals surface area contributed by atoms with E-state index in [1.54, 1.807) is 0 Å². The van der Waals surface area contributed by atoms with Crippen molar-refractivity contribution in [3.8, 4) is 0 Å². The summed E-state index contributed by atoms with van der Waals surface area (Å²) in [6, 6.07) is 0. The Balaban J connectivity index is 2.97. The number of hydrogen-bond donors (Lipinski definition) is 1. The lowest BCUT2D eigenvalue weighted by Crippen LogP contribution is -2.19. The average Bonchev–Trinajstić information content (AvgIpc) is 2.39. The van der Waals surface area contributed by atoms with Gasteiger partial charge < -0.3 is 24.7 Å². The quantitative estimate of drug-likeness (QED) is 0.381. The van der Waals surface area contributed by atoms with Gasteiger partial charge in [-0.15, -0.1) is 0 Å². The highest BCUT2D eigenvalue weighted by Gasteiger charge is 1.97. The zero-order chi connectivity index (χ0) is 13.5. The van der Waals surface area contributed by atoms with Crippen LogP contribution in [0.5, 0.6) is 0 Å². The van der Waals surface area contributed by atoms with Crippen LogP contribution in [-0.2, 0) is 23.7 Å². The highest BCUT2D eigenvalue weighted by molar-refractivity contribution is 5.71. The zero-order valence-corrected chi connectivity index (χ0v) is 11.2. The molecule has 0 aliphatic heterocycles. The number of rotatable bonds is 13. The van der Waals surface area contributed by atoms with Crippen LogP contribution in [0, 0.1) is 0 Å². The van der Waals surface area contributed by atoms with E-state index in [-0.39, 0.29) is 13.2 Å². The fourth-order valence-corrected chi connectivity index (χ4v) is 1.06. The largest absolute Gasteiger partial charge is 0.462 e. The molecule has 6 heteroatoms. The Hall–Kier alpha value is -0.690. The van der Waals surface area contributed by atoms with Gasteiger partial charge in [-0.1, -0.05) is 13.3 Å². The molecule has 0 spiro atoms. The molecule has 0 aromatic rings. The van der Waals surface area contributed by atoms with Crippen LogP contribution in [0.25, 0.3) is 0 Å². The first kappa shape index (κ1) is 17.3. The summed E-state index contributed by atoms with van der Waals surface area (Å²) >= 11 is 0. The molecule has 108 valence electrons.